The van der Waals surface area contributed by atoms with Crippen LogP contribution in [0.1, 0.15) is 22.6 Å². The lowest BCUT2D eigenvalue weighted by atomic mass is 9.85. The monoisotopic (exact) mass is 363 g/mol. The van der Waals surface area contributed by atoms with E-state index in [4.69, 9.17) is 5.73 Å². The minimum absolute atomic E-state index is 0.111. The first kappa shape index (κ1) is 18.1. The average Bonchev–Trinajstić information content (AvgIpc) is 2.69. The number of nitrogen functional groups attached to an aromatic ring is 1. The third-order valence-corrected chi connectivity index (χ3v) is 5.27. The molecular weight excluding hydrogens is 342 g/mol. The van der Waals surface area contributed by atoms with Crippen LogP contribution in [0.2, 0.25) is 0 Å². The molecule has 0 aromatic heterocycles. The molecule has 0 aliphatic carbocycles. The van der Waals surface area contributed by atoms with Crippen molar-refractivity contribution < 1.29 is 9.53 Å². The predicted octanol–water partition coefficient (Wildman–Crippen LogP) is 4.71. The fourth-order valence-electron chi connectivity index (χ4n) is 2.94. The molecule has 0 bridgehead atoms. The first-order valence-corrected chi connectivity index (χ1v) is 9.36. The van der Waals surface area contributed by atoms with Crippen molar-refractivity contribution in [1.82, 2.24) is 0 Å². The number of esters is 1. The van der Waals surface area contributed by atoms with Crippen LogP contribution in [0.5, 0.6) is 0 Å². The summed E-state index contributed by atoms with van der Waals surface area (Å²) in [7, 11) is 1.39. The summed E-state index contributed by atoms with van der Waals surface area (Å²) in [6.45, 7) is 0. The molecule has 3 nitrogen and oxygen atoms in total. The Morgan fingerprint density at radius 2 is 1.50 bits per heavy atom. The van der Waals surface area contributed by atoms with Gasteiger partial charge in [-0.25, -0.2) is 0 Å². The van der Waals surface area contributed by atoms with Crippen molar-refractivity contribution in [3.05, 3.63) is 95.6 Å². The topological polar surface area (TPSA) is 52.3 Å². The van der Waals surface area contributed by atoms with E-state index in [0.29, 0.717) is 5.69 Å². The van der Waals surface area contributed by atoms with Crippen LogP contribution in [0.25, 0.3) is 0 Å². The lowest BCUT2D eigenvalue weighted by molar-refractivity contribution is -0.137. The zero-order valence-corrected chi connectivity index (χ0v) is 15.4. The molecule has 0 spiro atoms. The molecule has 0 aliphatic heterocycles. The van der Waals surface area contributed by atoms with Crippen LogP contribution >= 0.6 is 11.8 Å². The van der Waals surface area contributed by atoms with Gasteiger partial charge in [-0.05, 0) is 28.8 Å². The Bertz CT molecular complexity index is 826. The Labute approximate surface area is 158 Å². The summed E-state index contributed by atoms with van der Waals surface area (Å²) in [6.07, 6.45) is 0. The van der Waals surface area contributed by atoms with E-state index in [2.05, 4.69) is 59.3 Å². The molecular formula is C22H21NO2S. The van der Waals surface area contributed by atoms with Gasteiger partial charge in [0.05, 0.1) is 12.9 Å². The molecule has 0 aliphatic rings. The van der Waals surface area contributed by atoms with Gasteiger partial charge in [-0.3, -0.25) is 4.79 Å². The third kappa shape index (κ3) is 4.27. The lowest BCUT2D eigenvalue weighted by Crippen LogP contribution is -2.06. The van der Waals surface area contributed by atoms with Crippen LogP contribution in [0.15, 0.2) is 83.8 Å². The first-order valence-electron chi connectivity index (χ1n) is 8.38. The molecule has 0 saturated carbocycles. The molecule has 0 saturated heterocycles. The number of anilines is 1. The van der Waals surface area contributed by atoms with Crippen LogP contribution in [0.4, 0.5) is 5.69 Å². The van der Waals surface area contributed by atoms with Gasteiger partial charge in [0.1, 0.15) is 0 Å². The van der Waals surface area contributed by atoms with Crippen molar-refractivity contribution in [3.8, 4) is 0 Å². The number of rotatable bonds is 6. The van der Waals surface area contributed by atoms with Gasteiger partial charge >= 0.3 is 5.97 Å². The highest BCUT2D eigenvalue weighted by molar-refractivity contribution is 8.00. The molecule has 0 fully saturated rings. The van der Waals surface area contributed by atoms with E-state index in [1.165, 1.54) is 30.0 Å². The Hall–Kier alpha value is -2.72. The van der Waals surface area contributed by atoms with E-state index in [-0.39, 0.29) is 17.6 Å². The van der Waals surface area contributed by atoms with Crippen LogP contribution in [-0.4, -0.2) is 18.8 Å². The van der Waals surface area contributed by atoms with E-state index >= 15 is 0 Å². The molecule has 132 valence electrons. The van der Waals surface area contributed by atoms with Crippen LogP contribution in [-0.2, 0) is 9.53 Å². The van der Waals surface area contributed by atoms with Gasteiger partial charge in [0, 0.05) is 16.5 Å². The molecule has 4 heteroatoms. The molecule has 2 N–H and O–H groups in total. The number of carbonyl (C=O) groups excluding carboxylic acids is 1. The summed E-state index contributed by atoms with van der Waals surface area (Å²) < 4.78 is 4.69. The van der Waals surface area contributed by atoms with Gasteiger partial charge in [0.15, 0.2) is 0 Å². The number of ether oxygens (including phenoxy) is 1. The van der Waals surface area contributed by atoms with Crippen LogP contribution < -0.4 is 5.73 Å². The van der Waals surface area contributed by atoms with Gasteiger partial charge in [-0.15, -0.1) is 11.8 Å². The largest absolute Gasteiger partial charge is 0.468 e. The number of benzene rings is 3. The SMILES string of the molecule is COC(=O)CSc1ccc(C(c2ccccc2)c2ccccc2)cc1N. The zero-order chi connectivity index (χ0) is 18.4. The minimum Gasteiger partial charge on any atom is -0.468 e. The number of methoxy groups -OCH3 is 1. The predicted molar refractivity (Wildman–Crippen MR) is 107 cm³/mol. The molecule has 0 atom stereocenters. The molecule has 3 aromatic carbocycles. The van der Waals surface area contributed by atoms with E-state index in [1.807, 2.05) is 24.3 Å². The fourth-order valence-corrected chi connectivity index (χ4v) is 3.72. The molecule has 0 amide bonds. The van der Waals surface area contributed by atoms with E-state index in [1.54, 1.807) is 0 Å². The molecule has 3 rings (SSSR count). The Kier molecular flexibility index (Phi) is 5.97. The van der Waals surface area contributed by atoms with Gasteiger partial charge in [0.2, 0.25) is 0 Å². The van der Waals surface area contributed by atoms with E-state index < -0.39 is 0 Å². The second-order valence-electron chi connectivity index (χ2n) is 5.92. The second kappa shape index (κ2) is 8.59. The van der Waals surface area contributed by atoms with E-state index in [9.17, 15) is 4.79 Å². The van der Waals surface area contributed by atoms with Gasteiger partial charge in [0.25, 0.3) is 0 Å². The summed E-state index contributed by atoms with van der Waals surface area (Å²) in [5.74, 6) is 0.102. The van der Waals surface area contributed by atoms with Crippen molar-refractivity contribution in [2.75, 3.05) is 18.6 Å². The van der Waals surface area contributed by atoms with Crippen LogP contribution in [0.3, 0.4) is 0 Å². The molecule has 0 heterocycles. The highest BCUT2D eigenvalue weighted by Crippen LogP contribution is 2.35. The Morgan fingerprint density at radius 1 is 0.923 bits per heavy atom. The van der Waals surface area contributed by atoms with Crippen LogP contribution in [0, 0.1) is 0 Å². The van der Waals surface area contributed by atoms with Crippen molar-refractivity contribution in [2.45, 2.75) is 10.8 Å². The molecule has 3 aromatic rings. The molecule has 0 radical (unpaired) electrons. The quantitative estimate of drug-likeness (QED) is 0.298. The highest BCUT2D eigenvalue weighted by atomic mass is 32.2. The number of carbonyl (C=O) groups is 1. The second-order valence-corrected chi connectivity index (χ2v) is 6.93. The molecule has 0 unspecified atom stereocenters. The lowest BCUT2D eigenvalue weighted by Gasteiger charge is -2.20. The number of nitrogens with two attached hydrogens (primary N) is 1. The fraction of sp³-hybridized carbons (Fsp3) is 0.136. The summed E-state index contributed by atoms with van der Waals surface area (Å²) in [4.78, 5) is 12.2. The Morgan fingerprint density at radius 3 is 2.00 bits per heavy atom. The smallest absolute Gasteiger partial charge is 0.315 e. The maximum Gasteiger partial charge on any atom is 0.315 e. The summed E-state index contributed by atoms with van der Waals surface area (Å²) in [6, 6.07) is 26.8. The maximum atomic E-state index is 11.4. The van der Waals surface area contributed by atoms with Crippen molar-refractivity contribution in [2.24, 2.45) is 0 Å². The van der Waals surface area contributed by atoms with Gasteiger partial charge < -0.3 is 10.5 Å². The van der Waals surface area contributed by atoms with Crippen molar-refractivity contribution in [1.29, 1.82) is 0 Å². The number of hydrogen-bond acceptors (Lipinski definition) is 4. The van der Waals surface area contributed by atoms with Gasteiger partial charge in [-0.1, -0.05) is 66.7 Å². The summed E-state index contributed by atoms with van der Waals surface area (Å²) in [5, 5.41) is 0. The first-order chi connectivity index (χ1) is 12.7. The van der Waals surface area contributed by atoms with E-state index in [0.717, 1.165) is 10.5 Å². The molecule has 26 heavy (non-hydrogen) atoms. The standard InChI is InChI=1S/C22H21NO2S/c1-25-21(24)15-26-20-13-12-18(14-19(20)23)22(16-8-4-2-5-9-16)17-10-6-3-7-11-17/h2-14,22H,15,23H2,1H3. The maximum absolute atomic E-state index is 11.4. The van der Waals surface area contributed by atoms with Crippen molar-refractivity contribution >= 4 is 23.4 Å². The number of thioether (sulfide) groups is 1. The minimum atomic E-state index is -0.259. The van der Waals surface area contributed by atoms with Gasteiger partial charge in [-0.2, -0.15) is 0 Å². The summed E-state index contributed by atoms with van der Waals surface area (Å²) >= 11 is 1.39. The average molecular weight is 363 g/mol. The zero-order valence-electron chi connectivity index (χ0n) is 14.6. The van der Waals surface area contributed by atoms with Crippen molar-refractivity contribution in [3.63, 3.8) is 0 Å². The highest BCUT2D eigenvalue weighted by Gasteiger charge is 2.17. The Balaban J connectivity index is 1.95. The number of hydrogen-bond donors (Lipinski definition) is 1. The summed E-state index contributed by atoms with van der Waals surface area (Å²) in [5.41, 5.74) is 10.5. The third-order valence-electron chi connectivity index (χ3n) is 4.21. The normalized spacial score (nSPS) is 10.7.